The third-order valence-corrected chi connectivity index (χ3v) is 4.20. The van der Waals surface area contributed by atoms with Gasteiger partial charge in [0.2, 0.25) is 0 Å². The number of nitrogens with one attached hydrogen (secondary N) is 1. The molecular weight excluding hydrogens is 228 g/mol. The summed E-state index contributed by atoms with van der Waals surface area (Å²) in [6.07, 6.45) is 1.06. The highest BCUT2D eigenvalue weighted by atomic mass is 16.6. The molecule has 1 saturated carbocycles. The van der Waals surface area contributed by atoms with Crippen molar-refractivity contribution in [1.82, 2.24) is 5.32 Å². The second-order valence-corrected chi connectivity index (χ2v) is 5.57. The number of non-ortho nitro benzene ring substituents is 1. The quantitative estimate of drug-likeness (QED) is 0.658. The van der Waals surface area contributed by atoms with Gasteiger partial charge in [0.25, 0.3) is 5.69 Å². The number of nitrogens with zero attached hydrogens (tertiary/aromatic N) is 1. The van der Waals surface area contributed by atoms with E-state index in [1.165, 1.54) is 0 Å². The zero-order valence-corrected chi connectivity index (χ0v) is 11.1. The van der Waals surface area contributed by atoms with Crippen molar-refractivity contribution < 1.29 is 4.92 Å². The normalized spacial score (nSPS) is 25.5. The van der Waals surface area contributed by atoms with E-state index in [0.717, 1.165) is 18.5 Å². The molecule has 4 heteroatoms. The Hall–Kier alpha value is -1.42. The number of hydrogen-bond acceptors (Lipinski definition) is 3. The summed E-state index contributed by atoms with van der Waals surface area (Å²) in [5, 5.41) is 14.3. The van der Waals surface area contributed by atoms with Gasteiger partial charge in [0.1, 0.15) is 0 Å². The van der Waals surface area contributed by atoms with E-state index in [2.05, 4.69) is 26.1 Å². The molecule has 1 aliphatic carbocycles. The predicted molar refractivity (Wildman–Crippen MR) is 71.7 cm³/mol. The van der Waals surface area contributed by atoms with E-state index in [-0.39, 0.29) is 16.0 Å². The van der Waals surface area contributed by atoms with Crippen molar-refractivity contribution in [3.63, 3.8) is 0 Å². The summed E-state index contributed by atoms with van der Waals surface area (Å²) in [6.45, 7) is 7.53. The molecule has 0 heterocycles. The Kier molecular flexibility index (Phi) is 3.39. The van der Waals surface area contributed by atoms with Crippen molar-refractivity contribution in [3.8, 4) is 0 Å². The molecule has 1 N–H and O–H groups in total. The molecule has 98 valence electrons. The maximum Gasteiger partial charge on any atom is 0.269 e. The number of benzene rings is 1. The van der Waals surface area contributed by atoms with Gasteiger partial charge in [-0.25, -0.2) is 0 Å². The Bertz CT molecular complexity index is 457. The second kappa shape index (κ2) is 4.69. The fourth-order valence-electron chi connectivity index (χ4n) is 2.94. The largest absolute Gasteiger partial charge is 0.314 e. The van der Waals surface area contributed by atoms with E-state index in [1.54, 1.807) is 18.2 Å². The van der Waals surface area contributed by atoms with Crippen LogP contribution in [0, 0.1) is 15.5 Å². The number of nitro benzene ring substituents is 1. The van der Waals surface area contributed by atoms with Crippen molar-refractivity contribution in [3.05, 3.63) is 39.9 Å². The second-order valence-electron chi connectivity index (χ2n) is 5.57. The summed E-state index contributed by atoms with van der Waals surface area (Å²) < 4.78 is 0. The minimum atomic E-state index is -0.322. The molecule has 0 aliphatic heterocycles. The lowest BCUT2D eigenvalue weighted by Gasteiger charge is -2.53. The first-order chi connectivity index (χ1) is 8.46. The lowest BCUT2D eigenvalue weighted by Crippen LogP contribution is -2.55. The Morgan fingerprint density at radius 2 is 2.22 bits per heavy atom. The first-order valence-corrected chi connectivity index (χ1v) is 6.44. The zero-order valence-electron chi connectivity index (χ0n) is 11.1. The molecule has 2 unspecified atom stereocenters. The van der Waals surface area contributed by atoms with Gasteiger partial charge in [-0.3, -0.25) is 10.1 Å². The highest BCUT2D eigenvalue weighted by molar-refractivity contribution is 5.38. The topological polar surface area (TPSA) is 55.2 Å². The highest BCUT2D eigenvalue weighted by Crippen LogP contribution is 2.52. The van der Waals surface area contributed by atoms with Crippen LogP contribution in [0.5, 0.6) is 0 Å². The average molecular weight is 248 g/mol. The fourth-order valence-corrected chi connectivity index (χ4v) is 2.94. The molecule has 0 radical (unpaired) electrons. The van der Waals surface area contributed by atoms with E-state index in [4.69, 9.17) is 0 Å². The van der Waals surface area contributed by atoms with Crippen molar-refractivity contribution in [2.24, 2.45) is 5.41 Å². The van der Waals surface area contributed by atoms with Crippen LogP contribution in [0.15, 0.2) is 24.3 Å². The van der Waals surface area contributed by atoms with E-state index < -0.39 is 0 Å². The van der Waals surface area contributed by atoms with Crippen LogP contribution in [0.4, 0.5) is 5.69 Å². The lowest BCUT2D eigenvalue weighted by molar-refractivity contribution is -0.385. The number of nitro groups is 1. The van der Waals surface area contributed by atoms with Crippen LogP contribution in [-0.2, 0) is 0 Å². The van der Waals surface area contributed by atoms with E-state index in [1.807, 2.05) is 6.07 Å². The summed E-state index contributed by atoms with van der Waals surface area (Å²) >= 11 is 0. The molecular formula is C14H20N2O2. The number of hydrogen-bond donors (Lipinski definition) is 1. The fraction of sp³-hybridized carbons (Fsp3) is 0.571. The molecule has 0 aromatic heterocycles. The third-order valence-electron chi connectivity index (χ3n) is 4.20. The summed E-state index contributed by atoms with van der Waals surface area (Å²) in [4.78, 5) is 10.5. The van der Waals surface area contributed by atoms with Crippen LogP contribution < -0.4 is 5.32 Å². The summed E-state index contributed by atoms with van der Waals surface area (Å²) in [6, 6.07) is 7.56. The van der Waals surface area contributed by atoms with Crippen LogP contribution in [0.25, 0.3) is 0 Å². The molecule has 1 aromatic carbocycles. The molecule has 1 aromatic rings. The van der Waals surface area contributed by atoms with Gasteiger partial charge in [-0.15, -0.1) is 0 Å². The molecule has 1 aliphatic rings. The molecule has 4 nitrogen and oxygen atoms in total. The van der Waals surface area contributed by atoms with Crippen molar-refractivity contribution in [2.45, 2.75) is 39.2 Å². The van der Waals surface area contributed by atoms with Crippen LogP contribution in [0.1, 0.15) is 38.7 Å². The molecule has 0 spiro atoms. The molecule has 0 saturated heterocycles. The average Bonchev–Trinajstić information content (AvgIpc) is 2.34. The van der Waals surface area contributed by atoms with Crippen molar-refractivity contribution >= 4 is 5.69 Å². The van der Waals surface area contributed by atoms with Gasteiger partial charge >= 0.3 is 0 Å². The van der Waals surface area contributed by atoms with Crippen molar-refractivity contribution in [2.75, 3.05) is 6.54 Å². The number of rotatable bonds is 4. The maximum absolute atomic E-state index is 10.8. The Morgan fingerprint density at radius 1 is 1.50 bits per heavy atom. The Balaban J connectivity index is 2.19. The Morgan fingerprint density at radius 3 is 2.78 bits per heavy atom. The van der Waals surface area contributed by atoms with Gasteiger partial charge in [0.05, 0.1) is 4.92 Å². The SMILES string of the molecule is CCNC1CC(c2cccc([N+](=O)[O-])c2)C1(C)C. The molecule has 18 heavy (non-hydrogen) atoms. The summed E-state index contributed by atoms with van der Waals surface area (Å²) in [5.41, 5.74) is 1.43. The third kappa shape index (κ3) is 2.12. The van der Waals surface area contributed by atoms with Gasteiger partial charge in [-0.1, -0.05) is 32.9 Å². The van der Waals surface area contributed by atoms with E-state index in [0.29, 0.717) is 12.0 Å². The van der Waals surface area contributed by atoms with Gasteiger partial charge in [-0.2, -0.15) is 0 Å². The van der Waals surface area contributed by atoms with Crippen LogP contribution in [0.3, 0.4) is 0 Å². The molecule has 0 bridgehead atoms. The van der Waals surface area contributed by atoms with E-state index in [9.17, 15) is 10.1 Å². The first-order valence-electron chi connectivity index (χ1n) is 6.44. The summed E-state index contributed by atoms with van der Waals surface area (Å²) in [7, 11) is 0. The molecule has 0 amide bonds. The van der Waals surface area contributed by atoms with Gasteiger partial charge in [0.15, 0.2) is 0 Å². The minimum absolute atomic E-state index is 0.158. The zero-order chi connectivity index (χ0) is 13.3. The highest BCUT2D eigenvalue weighted by Gasteiger charge is 2.48. The lowest BCUT2D eigenvalue weighted by atomic mass is 9.56. The molecule has 1 fully saturated rings. The van der Waals surface area contributed by atoms with Gasteiger partial charge in [0, 0.05) is 18.2 Å². The van der Waals surface area contributed by atoms with Crippen LogP contribution in [-0.4, -0.2) is 17.5 Å². The van der Waals surface area contributed by atoms with Gasteiger partial charge in [-0.05, 0) is 29.9 Å². The van der Waals surface area contributed by atoms with Crippen LogP contribution in [0.2, 0.25) is 0 Å². The summed E-state index contributed by atoms with van der Waals surface area (Å²) in [5.74, 6) is 0.404. The standard InChI is InChI=1S/C14H20N2O2/c1-4-15-13-9-12(14(13,2)3)10-6-5-7-11(8-10)16(17)18/h5-8,12-13,15H,4,9H2,1-3H3. The minimum Gasteiger partial charge on any atom is -0.314 e. The van der Waals surface area contributed by atoms with Gasteiger partial charge < -0.3 is 5.32 Å². The molecule has 2 atom stereocenters. The Labute approximate surface area is 108 Å². The maximum atomic E-state index is 10.8. The molecule has 2 rings (SSSR count). The monoisotopic (exact) mass is 248 g/mol. The smallest absolute Gasteiger partial charge is 0.269 e. The van der Waals surface area contributed by atoms with Crippen LogP contribution >= 0.6 is 0 Å². The first kappa shape index (κ1) is 13.0. The van der Waals surface area contributed by atoms with E-state index >= 15 is 0 Å². The van der Waals surface area contributed by atoms with Crippen molar-refractivity contribution in [1.29, 1.82) is 0 Å². The predicted octanol–water partition coefficient (Wildman–Crippen LogP) is 3.09.